The lowest BCUT2D eigenvalue weighted by atomic mass is 9.98. The number of hydrogen-bond donors (Lipinski definition) is 1. The standard InChI is InChI=1S/C24H24ClFN2O3/c1-3-27(4-2)12-5-13-28-21(15-6-9-17(26)10-7-15)20-22(29)18-14-16(25)8-11-19(18)31-23(20)24(28)30/h6-11,14,21H,3-5,12-13H2,1-2H3/p+1/t21-/m0/s1. The SMILES string of the molecule is CC[NH+](CC)CCCN1C(=O)c2oc3ccc(Cl)cc3c(=O)c2[C@@H]1c1ccc(F)cc1. The van der Waals surface area contributed by atoms with Crippen molar-refractivity contribution in [3.8, 4) is 0 Å². The van der Waals surface area contributed by atoms with Crippen LogP contribution < -0.4 is 10.3 Å². The summed E-state index contributed by atoms with van der Waals surface area (Å²) < 4.78 is 19.5. The molecule has 4 rings (SSSR count). The number of benzene rings is 2. The molecule has 5 nitrogen and oxygen atoms in total. The van der Waals surface area contributed by atoms with Gasteiger partial charge in [-0.15, -0.1) is 0 Å². The van der Waals surface area contributed by atoms with Gasteiger partial charge in [0.1, 0.15) is 11.4 Å². The third-order valence-electron chi connectivity index (χ3n) is 6.04. The normalized spacial score (nSPS) is 15.8. The molecule has 1 amide bonds. The summed E-state index contributed by atoms with van der Waals surface area (Å²) >= 11 is 6.09. The van der Waals surface area contributed by atoms with Gasteiger partial charge in [0.25, 0.3) is 5.91 Å². The van der Waals surface area contributed by atoms with Crippen LogP contribution in [0.2, 0.25) is 5.02 Å². The van der Waals surface area contributed by atoms with E-state index in [4.69, 9.17) is 16.0 Å². The first kappa shape index (κ1) is 21.5. The summed E-state index contributed by atoms with van der Waals surface area (Å²) in [6.07, 6.45) is 0.786. The van der Waals surface area contributed by atoms with Gasteiger partial charge in [0, 0.05) is 18.0 Å². The van der Waals surface area contributed by atoms with Gasteiger partial charge >= 0.3 is 0 Å². The van der Waals surface area contributed by atoms with Crippen molar-refractivity contribution >= 4 is 28.5 Å². The summed E-state index contributed by atoms with van der Waals surface area (Å²) in [5.41, 5.74) is 1.02. The molecule has 2 aromatic carbocycles. The Kier molecular flexibility index (Phi) is 6.12. The number of halogens is 2. The van der Waals surface area contributed by atoms with Gasteiger partial charge in [-0.1, -0.05) is 23.7 Å². The average molecular weight is 444 g/mol. The predicted octanol–water partition coefficient (Wildman–Crippen LogP) is 3.45. The Hall–Kier alpha value is -2.70. The molecular formula is C24H25ClFN2O3+. The molecular weight excluding hydrogens is 419 g/mol. The maximum absolute atomic E-state index is 13.6. The first-order valence-electron chi connectivity index (χ1n) is 10.6. The second-order valence-electron chi connectivity index (χ2n) is 7.83. The number of amides is 1. The van der Waals surface area contributed by atoms with Crippen LogP contribution in [0.1, 0.15) is 48.0 Å². The van der Waals surface area contributed by atoms with Crippen molar-refractivity contribution in [3.05, 3.63) is 80.4 Å². The fourth-order valence-corrected chi connectivity index (χ4v) is 4.49. The molecule has 0 spiro atoms. The van der Waals surface area contributed by atoms with Gasteiger partial charge in [0.05, 0.1) is 36.6 Å². The molecule has 162 valence electrons. The fraction of sp³-hybridized carbons (Fsp3) is 0.333. The highest BCUT2D eigenvalue weighted by molar-refractivity contribution is 6.31. The smallest absolute Gasteiger partial charge is 0.290 e. The number of nitrogens with zero attached hydrogens (tertiary/aromatic N) is 1. The highest BCUT2D eigenvalue weighted by Crippen LogP contribution is 2.38. The summed E-state index contributed by atoms with van der Waals surface area (Å²) in [5, 5.41) is 0.752. The van der Waals surface area contributed by atoms with E-state index in [1.807, 2.05) is 0 Å². The molecule has 1 aliphatic rings. The zero-order chi connectivity index (χ0) is 22.1. The van der Waals surface area contributed by atoms with Crippen molar-refractivity contribution < 1.29 is 18.5 Å². The first-order chi connectivity index (χ1) is 14.9. The van der Waals surface area contributed by atoms with Crippen LogP contribution in [0.5, 0.6) is 0 Å². The van der Waals surface area contributed by atoms with Crippen molar-refractivity contribution in [1.29, 1.82) is 0 Å². The van der Waals surface area contributed by atoms with E-state index < -0.39 is 6.04 Å². The molecule has 0 radical (unpaired) electrons. The summed E-state index contributed by atoms with van der Waals surface area (Å²) in [5.74, 6) is -0.625. The Morgan fingerprint density at radius 1 is 1.10 bits per heavy atom. The van der Waals surface area contributed by atoms with Crippen LogP contribution in [0.25, 0.3) is 11.0 Å². The van der Waals surface area contributed by atoms with Crippen molar-refractivity contribution in [2.75, 3.05) is 26.2 Å². The van der Waals surface area contributed by atoms with Gasteiger partial charge in [-0.25, -0.2) is 4.39 Å². The van der Waals surface area contributed by atoms with Crippen LogP contribution in [0, 0.1) is 5.82 Å². The molecule has 2 heterocycles. The van der Waals surface area contributed by atoms with E-state index in [-0.39, 0.29) is 22.9 Å². The minimum absolute atomic E-state index is 0.0596. The molecule has 3 aromatic rings. The largest absolute Gasteiger partial charge is 0.450 e. The Morgan fingerprint density at radius 2 is 1.81 bits per heavy atom. The third-order valence-corrected chi connectivity index (χ3v) is 6.28. The van der Waals surface area contributed by atoms with E-state index in [1.165, 1.54) is 17.0 Å². The zero-order valence-corrected chi connectivity index (χ0v) is 18.3. The van der Waals surface area contributed by atoms with E-state index in [0.717, 1.165) is 26.1 Å². The molecule has 0 saturated carbocycles. The number of rotatable bonds is 7. The third kappa shape index (κ3) is 3.98. The number of fused-ring (bicyclic) bond motifs is 2. The van der Waals surface area contributed by atoms with E-state index in [2.05, 4.69) is 13.8 Å². The second kappa shape index (κ2) is 8.81. The number of hydrogen-bond acceptors (Lipinski definition) is 3. The van der Waals surface area contributed by atoms with E-state index in [0.29, 0.717) is 33.7 Å². The van der Waals surface area contributed by atoms with Crippen LogP contribution in [-0.4, -0.2) is 37.0 Å². The van der Waals surface area contributed by atoms with Crippen molar-refractivity contribution in [2.24, 2.45) is 0 Å². The van der Waals surface area contributed by atoms with E-state index in [1.54, 1.807) is 35.2 Å². The molecule has 31 heavy (non-hydrogen) atoms. The van der Waals surface area contributed by atoms with Crippen LogP contribution in [0.15, 0.2) is 51.7 Å². The van der Waals surface area contributed by atoms with Gasteiger partial charge < -0.3 is 14.2 Å². The minimum atomic E-state index is -0.616. The summed E-state index contributed by atoms with van der Waals surface area (Å²) in [4.78, 5) is 29.8. The maximum atomic E-state index is 13.6. The Bertz CT molecular complexity index is 1170. The monoisotopic (exact) mass is 443 g/mol. The van der Waals surface area contributed by atoms with E-state index in [9.17, 15) is 14.0 Å². The molecule has 7 heteroatoms. The van der Waals surface area contributed by atoms with Gasteiger partial charge in [-0.05, 0) is 49.7 Å². The Balaban J connectivity index is 1.80. The number of quaternary nitrogens is 1. The Labute approximate surface area is 185 Å². The highest BCUT2D eigenvalue weighted by Gasteiger charge is 2.42. The molecule has 1 N–H and O–H groups in total. The van der Waals surface area contributed by atoms with Crippen molar-refractivity contribution in [3.63, 3.8) is 0 Å². The summed E-state index contributed by atoms with van der Waals surface area (Å²) in [7, 11) is 0. The summed E-state index contributed by atoms with van der Waals surface area (Å²) in [6.45, 7) is 7.69. The van der Waals surface area contributed by atoms with Crippen molar-refractivity contribution in [2.45, 2.75) is 26.3 Å². The van der Waals surface area contributed by atoms with Crippen LogP contribution in [-0.2, 0) is 0 Å². The van der Waals surface area contributed by atoms with Gasteiger partial charge in [0.15, 0.2) is 5.43 Å². The lowest BCUT2D eigenvalue weighted by Gasteiger charge is -2.26. The van der Waals surface area contributed by atoms with E-state index >= 15 is 0 Å². The first-order valence-corrected chi connectivity index (χ1v) is 11.0. The second-order valence-corrected chi connectivity index (χ2v) is 8.26. The highest BCUT2D eigenvalue weighted by atomic mass is 35.5. The molecule has 0 saturated heterocycles. The predicted molar refractivity (Wildman–Crippen MR) is 118 cm³/mol. The molecule has 0 aliphatic carbocycles. The number of carbonyl (C=O) groups excluding carboxylic acids is 1. The van der Waals surface area contributed by atoms with Gasteiger partial charge in [-0.3, -0.25) is 9.59 Å². The van der Waals surface area contributed by atoms with Gasteiger partial charge in [0.2, 0.25) is 5.76 Å². The lowest BCUT2D eigenvalue weighted by molar-refractivity contribution is -0.896. The topological polar surface area (TPSA) is 55.0 Å². The molecule has 1 atom stereocenters. The number of nitrogens with one attached hydrogen (secondary N) is 1. The Morgan fingerprint density at radius 3 is 2.48 bits per heavy atom. The number of carbonyl (C=O) groups is 1. The average Bonchev–Trinajstić information content (AvgIpc) is 3.04. The minimum Gasteiger partial charge on any atom is -0.450 e. The molecule has 1 aromatic heterocycles. The molecule has 0 fully saturated rings. The molecule has 0 bridgehead atoms. The van der Waals surface area contributed by atoms with Crippen molar-refractivity contribution in [1.82, 2.24) is 4.90 Å². The maximum Gasteiger partial charge on any atom is 0.290 e. The fourth-order valence-electron chi connectivity index (χ4n) is 4.32. The van der Waals surface area contributed by atoms with Crippen LogP contribution in [0.3, 0.4) is 0 Å². The van der Waals surface area contributed by atoms with Crippen LogP contribution in [0.4, 0.5) is 4.39 Å². The quantitative estimate of drug-likeness (QED) is 0.608. The molecule has 1 aliphatic heterocycles. The lowest BCUT2D eigenvalue weighted by Crippen LogP contribution is -3.11. The zero-order valence-electron chi connectivity index (χ0n) is 17.6. The van der Waals surface area contributed by atoms with Crippen LogP contribution >= 0.6 is 11.6 Å². The summed E-state index contributed by atoms with van der Waals surface area (Å²) in [6, 6.07) is 10.1. The molecule has 0 unspecified atom stereocenters. The van der Waals surface area contributed by atoms with Gasteiger partial charge in [-0.2, -0.15) is 0 Å².